The van der Waals surface area contributed by atoms with Crippen LogP contribution >= 0.6 is 15.9 Å². The van der Waals surface area contributed by atoms with Crippen LogP contribution in [0.3, 0.4) is 0 Å². The third-order valence-corrected chi connectivity index (χ3v) is 5.74. The highest BCUT2D eigenvalue weighted by Crippen LogP contribution is 2.30. The first-order valence-corrected chi connectivity index (χ1v) is 11.3. The number of rotatable bonds is 7. The van der Waals surface area contributed by atoms with Crippen molar-refractivity contribution in [3.05, 3.63) is 100 Å². The minimum absolute atomic E-state index is 0.215. The summed E-state index contributed by atoms with van der Waals surface area (Å²) >= 11 is 3.44. The number of aryl methyl sites for hydroxylation is 1. The SMILES string of the molecule is COc1cc(/C=C/c2cccc3ccccc23)ccc1OC(=O)COc1ccc(C)cc1Br. The van der Waals surface area contributed by atoms with Gasteiger partial charge in [-0.1, -0.05) is 66.7 Å². The lowest BCUT2D eigenvalue weighted by Gasteiger charge is -2.11. The molecule has 0 aliphatic heterocycles. The van der Waals surface area contributed by atoms with E-state index in [1.54, 1.807) is 13.2 Å². The topological polar surface area (TPSA) is 44.8 Å². The van der Waals surface area contributed by atoms with Gasteiger partial charge in [-0.05, 0) is 74.6 Å². The summed E-state index contributed by atoms with van der Waals surface area (Å²) < 4.78 is 17.3. The second-order valence-electron chi connectivity index (χ2n) is 7.51. The third-order valence-electron chi connectivity index (χ3n) is 5.12. The molecule has 0 saturated heterocycles. The maximum atomic E-state index is 12.3. The summed E-state index contributed by atoms with van der Waals surface area (Å²) in [6.07, 6.45) is 4.07. The molecule has 0 atom stereocenters. The van der Waals surface area contributed by atoms with E-state index in [1.165, 1.54) is 10.8 Å². The van der Waals surface area contributed by atoms with Crippen LogP contribution in [0.2, 0.25) is 0 Å². The van der Waals surface area contributed by atoms with Crippen LogP contribution in [0.5, 0.6) is 17.2 Å². The first-order valence-electron chi connectivity index (χ1n) is 10.5. The molecule has 0 fully saturated rings. The maximum absolute atomic E-state index is 12.3. The van der Waals surface area contributed by atoms with E-state index >= 15 is 0 Å². The molecule has 166 valence electrons. The number of methoxy groups -OCH3 is 1. The molecule has 4 aromatic rings. The summed E-state index contributed by atoms with van der Waals surface area (Å²) in [5, 5.41) is 2.38. The molecular formula is C28H23BrO4. The number of benzene rings is 4. The molecule has 0 heterocycles. The van der Waals surface area contributed by atoms with Crippen molar-refractivity contribution in [2.45, 2.75) is 6.92 Å². The fourth-order valence-electron chi connectivity index (χ4n) is 3.47. The van der Waals surface area contributed by atoms with Crippen molar-refractivity contribution in [3.8, 4) is 17.2 Å². The highest BCUT2D eigenvalue weighted by molar-refractivity contribution is 9.10. The van der Waals surface area contributed by atoms with Gasteiger partial charge in [0.25, 0.3) is 0 Å². The van der Waals surface area contributed by atoms with Gasteiger partial charge in [0.1, 0.15) is 5.75 Å². The summed E-state index contributed by atoms with van der Waals surface area (Å²) in [5.74, 6) is 0.884. The first kappa shape index (κ1) is 22.6. The first-order chi connectivity index (χ1) is 16.0. The second kappa shape index (κ2) is 10.4. The normalized spacial score (nSPS) is 11.0. The maximum Gasteiger partial charge on any atom is 0.349 e. The number of hydrogen-bond donors (Lipinski definition) is 0. The lowest BCUT2D eigenvalue weighted by atomic mass is 10.0. The van der Waals surface area contributed by atoms with Crippen molar-refractivity contribution in [2.24, 2.45) is 0 Å². The van der Waals surface area contributed by atoms with Crippen LogP contribution in [0, 0.1) is 6.92 Å². The van der Waals surface area contributed by atoms with Gasteiger partial charge in [-0.25, -0.2) is 4.79 Å². The summed E-state index contributed by atoms with van der Waals surface area (Å²) in [6, 6.07) is 25.6. The van der Waals surface area contributed by atoms with Crippen molar-refractivity contribution in [2.75, 3.05) is 13.7 Å². The fraction of sp³-hybridized carbons (Fsp3) is 0.107. The van der Waals surface area contributed by atoms with Gasteiger partial charge >= 0.3 is 5.97 Å². The van der Waals surface area contributed by atoms with E-state index in [4.69, 9.17) is 14.2 Å². The van der Waals surface area contributed by atoms with E-state index in [2.05, 4.69) is 46.3 Å². The van der Waals surface area contributed by atoms with Gasteiger partial charge in [0.05, 0.1) is 11.6 Å². The molecular weight excluding hydrogens is 480 g/mol. The molecule has 4 rings (SSSR count). The van der Waals surface area contributed by atoms with Crippen LogP contribution in [0.15, 0.2) is 83.3 Å². The number of carbonyl (C=O) groups excluding carboxylic acids is 1. The molecule has 0 aliphatic carbocycles. The molecule has 0 amide bonds. The zero-order valence-electron chi connectivity index (χ0n) is 18.4. The Hall–Kier alpha value is -3.57. The molecule has 0 saturated carbocycles. The smallest absolute Gasteiger partial charge is 0.349 e. The van der Waals surface area contributed by atoms with Crippen molar-refractivity contribution < 1.29 is 19.0 Å². The lowest BCUT2D eigenvalue weighted by molar-refractivity contribution is -0.136. The number of fused-ring (bicyclic) bond motifs is 1. The van der Waals surface area contributed by atoms with E-state index in [0.29, 0.717) is 17.2 Å². The van der Waals surface area contributed by atoms with E-state index in [-0.39, 0.29) is 6.61 Å². The van der Waals surface area contributed by atoms with Crippen molar-refractivity contribution in [3.63, 3.8) is 0 Å². The number of carbonyl (C=O) groups is 1. The minimum Gasteiger partial charge on any atom is -0.493 e. The van der Waals surface area contributed by atoms with Gasteiger partial charge in [-0.3, -0.25) is 0 Å². The summed E-state index contributed by atoms with van der Waals surface area (Å²) in [5.41, 5.74) is 3.15. The fourth-order valence-corrected chi connectivity index (χ4v) is 4.07. The molecule has 5 heteroatoms. The summed E-state index contributed by atoms with van der Waals surface area (Å²) in [6.45, 7) is 1.77. The molecule has 0 bridgehead atoms. The van der Waals surface area contributed by atoms with Crippen LogP contribution in [0.4, 0.5) is 0 Å². The quantitative estimate of drug-likeness (QED) is 0.154. The molecule has 0 aromatic heterocycles. The number of esters is 1. The molecule has 0 N–H and O–H groups in total. The minimum atomic E-state index is -0.514. The van der Waals surface area contributed by atoms with Crippen molar-refractivity contribution >= 4 is 44.8 Å². The third kappa shape index (κ3) is 5.62. The van der Waals surface area contributed by atoms with Crippen LogP contribution in [0.25, 0.3) is 22.9 Å². The molecule has 4 nitrogen and oxygen atoms in total. The Kier molecular flexibility index (Phi) is 7.10. The molecule has 0 unspecified atom stereocenters. The Bertz CT molecular complexity index is 1320. The zero-order chi connectivity index (χ0) is 23.2. The molecule has 0 radical (unpaired) electrons. The Morgan fingerprint density at radius 3 is 2.48 bits per heavy atom. The Labute approximate surface area is 201 Å². The average molecular weight is 503 g/mol. The van der Waals surface area contributed by atoms with Crippen LogP contribution < -0.4 is 14.2 Å². The Morgan fingerprint density at radius 2 is 1.67 bits per heavy atom. The Balaban J connectivity index is 1.45. The zero-order valence-corrected chi connectivity index (χ0v) is 20.0. The van der Waals surface area contributed by atoms with Crippen LogP contribution in [-0.2, 0) is 4.79 Å². The largest absolute Gasteiger partial charge is 0.493 e. The van der Waals surface area contributed by atoms with Gasteiger partial charge in [0.2, 0.25) is 0 Å². The highest BCUT2D eigenvalue weighted by Gasteiger charge is 2.12. The lowest BCUT2D eigenvalue weighted by Crippen LogP contribution is -2.18. The van der Waals surface area contributed by atoms with Crippen molar-refractivity contribution in [1.82, 2.24) is 0 Å². The molecule has 0 aliphatic rings. The van der Waals surface area contributed by atoms with Gasteiger partial charge < -0.3 is 14.2 Å². The molecule has 0 spiro atoms. The van der Waals surface area contributed by atoms with Gasteiger partial charge in [-0.15, -0.1) is 0 Å². The predicted molar refractivity (Wildman–Crippen MR) is 136 cm³/mol. The van der Waals surface area contributed by atoms with Gasteiger partial charge in [0, 0.05) is 0 Å². The van der Waals surface area contributed by atoms with Crippen molar-refractivity contribution in [1.29, 1.82) is 0 Å². The number of hydrogen-bond acceptors (Lipinski definition) is 4. The number of ether oxygens (including phenoxy) is 3. The monoisotopic (exact) mass is 502 g/mol. The summed E-state index contributed by atoms with van der Waals surface area (Å²) in [4.78, 5) is 12.3. The number of halogens is 1. The van der Waals surface area contributed by atoms with Crippen LogP contribution in [0.1, 0.15) is 16.7 Å². The van der Waals surface area contributed by atoms with E-state index in [0.717, 1.165) is 21.2 Å². The second-order valence-corrected chi connectivity index (χ2v) is 8.36. The highest BCUT2D eigenvalue weighted by atomic mass is 79.9. The predicted octanol–water partition coefficient (Wildman–Crippen LogP) is 7.07. The van der Waals surface area contributed by atoms with Gasteiger partial charge in [-0.2, -0.15) is 0 Å². The molecule has 33 heavy (non-hydrogen) atoms. The van der Waals surface area contributed by atoms with E-state index < -0.39 is 5.97 Å². The standard InChI is InChI=1S/C28H23BrO4/c1-19-10-14-25(24(29)16-19)32-18-28(30)33-26-15-12-20(17-27(26)31-2)11-13-22-8-5-7-21-6-3-4-9-23(21)22/h3-17H,18H2,1-2H3/b13-11+. The Morgan fingerprint density at radius 1 is 0.879 bits per heavy atom. The van der Waals surface area contributed by atoms with Gasteiger partial charge in [0.15, 0.2) is 18.1 Å². The average Bonchev–Trinajstić information content (AvgIpc) is 2.82. The molecule has 4 aromatic carbocycles. The van der Waals surface area contributed by atoms with E-state index in [1.807, 2.05) is 61.5 Å². The summed E-state index contributed by atoms with van der Waals surface area (Å²) in [7, 11) is 1.55. The van der Waals surface area contributed by atoms with E-state index in [9.17, 15) is 4.79 Å². The van der Waals surface area contributed by atoms with Crippen LogP contribution in [-0.4, -0.2) is 19.7 Å².